The van der Waals surface area contributed by atoms with Crippen LogP contribution >= 0.6 is 0 Å². The third-order valence-electron chi connectivity index (χ3n) is 4.10. The number of likely N-dealkylation sites (tertiary alicyclic amines) is 1. The zero-order valence-corrected chi connectivity index (χ0v) is 12.0. The summed E-state index contributed by atoms with van der Waals surface area (Å²) >= 11 is 0. The zero-order chi connectivity index (χ0) is 14.2. The van der Waals surface area contributed by atoms with Gasteiger partial charge in [-0.05, 0) is 6.92 Å². The van der Waals surface area contributed by atoms with E-state index < -0.39 is 0 Å². The highest BCUT2D eigenvalue weighted by Crippen LogP contribution is 2.33. The summed E-state index contributed by atoms with van der Waals surface area (Å²) in [4.78, 5) is 23.0. The lowest BCUT2D eigenvalue weighted by molar-refractivity contribution is -0.130. The Morgan fingerprint density at radius 1 is 1.15 bits per heavy atom. The first kappa shape index (κ1) is 13.0. The van der Waals surface area contributed by atoms with Crippen LogP contribution in [-0.2, 0) is 4.79 Å². The second-order valence-corrected chi connectivity index (χ2v) is 5.51. The molecule has 0 aromatic heterocycles. The van der Waals surface area contributed by atoms with E-state index in [0.717, 1.165) is 42.9 Å². The summed E-state index contributed by atoms with van der Waals surface area (Å²) in [6.07, 6.45) is 1.64. The molecule has 104 valence electrons. The maximum atomic E-state index is 11.4. The fraction of sp³-hybridized carbons (Fsp3) is 0.438. The van der Waals surface area contributed by atoms with Crippen LogP contribution < -0.4 is 0 Å². The van der Waals surface area contributed by atoms with Gasteiger partial charge in [0.25, 0.3) is 0 Å². The van der Waals surface area contributed by atoms with Crippen molar-refractivity contribution < 1.29 is 4.79 Å². The van der Waals surface area contributed by atoms with Crippen molar-refractivity contribution in [2.24, 2.45) is 9.98 Å². The molecule has 0 radical (unpaired) electrons. The maximum absolute atomic E-state index is 11.4. The highest BCUT2D eigenvalue weighted by Gasteiger charge is 2.38. The first-order valence-electron chi connectivity index (χ1n) is 7.07. The van der Waals surface area contributed by atoms with Gasteiger partial charge in [-0.25, -0.2) is 0 Å². The number of rotatable bonds is 1. The third kappa shape index (κ3) is 2.26. The van der Waals surface area contributed by atoms with Gasteiger partial charge in [0.15, 0.2) is 5.66 Å². The van der Waals surface area contributed by atoms with Crippen LogP contribution in [0.1, 0.15) is 32.3 Å². The molecule has 0 unspecified atom stereocenters. The SMILES string of the molecule is CC(=O)N1CCC2(CC1)N=C(C)C(c1ccccc1)=N2. The van der Waals surface area contributed by atoms with Gasteiger partial charge in [-0.15, -0.1) is 0 Å². The monoisotopic (exact) mass is 269 g/mol. The molecule has 1 aromatic rings. The van der Waals surface area contributed by atoms with Gasteiger partial charge in [0, 0.05) is 38.4 Å². The number of aliphatic imine (C=N–C) groups is 2. The second-order valence-electron chi connectivity index (χ2n) is 5.51. The van der Waals surface area contributed by atoms with Crippen LogP contribution in [0.3, 0.4) is 0 Å². The molecule has 20 heavy (non-hydrogen) atoms. The van der Waals surface area contributed by atoms with Gasteiger partial charge in [0.2, 0.25) is 5.91 Å². The average molecular weight is 269 g/mol. The van der Waals surface area contributed by atoms with E-state index in [-0.39, 0.29) is 11.6 Å². The Labute approximate surface area is 119 Å². The highest BCUT2D eigenvalue weighted by molar-refractivity contribution is 6.48. The fourth-order valence-electron chi connectivity index (χ4n) is 2.95. The predicted molar refractivity (Wildman–Crippen MR) is 80.3 cm³/mol. The molecule has 0 N–H and O–H groups in total. The smallest absolute Gasteiger partial charge is 0.219 e. The van der Waals surface area contributed by atoms with Crippen LogP contribution in [0.2, 0.25) is 0 Å². The summed E-state index contributed by atoms with van der Waals surface area (Å²) < 4.78 is 0. The lowest BCUT2D eigenvalue weighted by atomic mass is 9.98. The molecule has 1 amide bonds. The topological polar surface area (TPSA) is 45.0 Å². The number of carbonyl (C=O) groups is 1. The number of carbonyl (C=O) groups excluding carboxylic acids is 1. The first-order valence-corrected chi connectivity index (χ1v) is 7.07. The van der Waals surface area contributed by atoms with Gasteiger partial charge < -0.3 is 4.90 Å². The number of benzene rings is 1. The Morgan fingerprint density at radius 2 is 1.80 bits per heavy atom. The van der Waals surface area contributed by atoms with Gasteiger partial charge in [-0.1, -0.05) is 30.3 Å². The summed E-state index contributed by atoms with van der Waals surface area (Å²) in [6, 6.07) is 10.2. The van der Waals surface area contributed by atoms with Crippen LogP contribution in [0.25, 0.3) is 0 Å². The molecule has 2 aliphatic rings. The summed E-state index contributed by atoms with van der Waals surface area (Å²) in [7, 11) is 0. The summed E-state index contributed by atoms with van der Waals surface area (Å²) in [5, 5.41) is 0. The van der Waals surface area contributed by atoms with Crippen molar-refractivity contribution in [1.82, 2.24) is 4.90 Å². The van der Waals surface area contributed by atoms with Crippen molar-refractivity contribution in [2.45, 2.75) is 32.4 Å². The van der Waals surface area contributed by atoms with Crippen LogP contribution in [0, 0.1) is 0 Å². The fourth-order valence-corrected chi connectivity index (χ4v) is 2.95. The zero-order valence-electron chi connectivity index (χ0n) is 12.0. The molecule has 3 rings (SSSR count). The minimum absolute atomic E-state index is 0.144. The van der Waals surface area contributed by atoms with Gasteiger partial charge in [-0.2, -0.15) is 0 Å². The molecule has 4 heteroatoms. The molecule has 2 aliphatic heterocycles. The number of nitrogens with zero attached hydrogens (tertiary/aromatic N) is 3. The van der Waals surface area contributed by atoms with Crippen LogP contribution in [0.4, 0.5) is 0 Å². The number of hydrogen-bond acceptors (Lipinski definition) is 3. The van der Waals surface area contributed by atoms with Crippen molar-refractivity contribution in [2.75, 3.05) is 13.1 Å². The van der Waals surface area contributed by atoms with E-state index in [1.807, 2.05) is 30.0 Å². The number of piperidine rings is 1. The normalized spacial score (nSPS) is 20.8. The molecule has 1 fully saturated rings. The molecule has 1 saturated heterocycles. The minimum atomic E-state index is -0.332. The Kier molecular flexibility index (Phi) is 3.16. The van der Waals surface area contributed by atoms with Crippen LogP contribution in [0.5, 0.6) is 0 Å². The third-order valence-corrected chi connectivity index (χ3v) is 4.10. The molecule has 1 aromatic carbocycles. The molecule has 4 nitrogen and oxygen atoms in total. The second kappa shape index (κ2) is 4.85. The number of amides is 1. The van der Waals surface area contributed by atoms with Crippen molar-refractivity contribution >= 4 is 17.3 Å². The molecule has 1 spiro atoms. The van der Waals surface area contributed by atoms with E-state index in [1.165, 1.54) is 0 Å². The molecule has 0 aliphatic carbocycles. The quantitative estimate of drug-likeness (QED) is 0.771. The summed E-state index contributed by atoms with van der Waals surface area (Å²) in [6.45, 7) is 5.15. The molecule has 0 bridgehead atoms. The first-order chi connectivity index (χ1) is 9.60. The summed E-state index contributed by atoms with van der Waals surface area (Å²) in [5.74, 6) is 0.144. The van der Waals surface area contributed by atoms with E-state index in [1.54, 1.807) is 6.92 Å². The van der Waals surface area contributed by atoms with Crippen LogP contribution in [0.15, 0.2) is 40.3 Å². The minimum Gasteiger partial charge on any atom is -0.343 e. The van der Waals surface area contributed by atoms with Crippen molar-refractivity contribution in [3.05, 3.63) is 35.9 Å². The lowest BCUT2D eigenvalue weighted by Crippen LogP contribution is -2.43. The highest BCUT2D eigenvalue weighted by atomic mass is 16.2. The summed E-state index contributed by atoms with van der Waals surface area (Å²) in [5.41, 5.74) is 2.80. The average Bonchev–Trinajstić information content (AvgIpc) is 2.77. The van der Waals surface area contributed by atoms with Gasteiger partial charge in [-0.3, -0.25) is 14.8 Å². The molecule has 2 heterocycles. The van der Waals surface area contributed by atoms with Crippen LogP contribution in [-0.4, -0.2) is 41.0 Å². The Morgan fingerprint density at radius 3 is 2.40 bits per heavy atom. The Balaban J connectivity index is 1.84. The van der Waals surface area contributed by atoms with E-state index in [0.29, 0.717) is 0 Å². The molecule has 0 saturated carbocycles. The Bertz CT molecular complexity index is 581. The molecular formula is C16H19N3O. The van der Waals surface area contributed by atoms with Crippen molar-refractivity contribution in [1.29, 1.82) is 0 Å². The van der Waals surface area contributed by atoms with E-state index in [4.69, 9.17) is 9.98 Å². The van der Waals surface area contributed by atoms with Gasteiger partial charge in [0.1, 0.15) is 0 Å². The van der Waals surface area contributed by atoms with E-state index in [2.05, 4.69) is 12.1 Å². The van der Waals surface area contributed by atoms with Gasteiger partial charge in [0.05, 0.1) is 11.4 Å². The standard InChI is InChI=1S/C16H19N3O/c1-12-15(14-6-4-3-5-7-14)18-16(17-12)8-10-19(11-9-16)13(2)20/h3-7H,8-11H2,1-2H3. The predicted octanol–water partition coefficient (Wildman–Crippen LogP) is 2.29. The van der Waals surface area contributed by atoms with Gasteiger partial charge >= 0.3 is 0 Å². The van der Waals surface area contributed by atoms with E-state index in [9.17, 15) is 4.79 Å². The van der Waals surface area contributed by atoms with Crippen molar-refractivity contribution in [3.63, 3.8) is 0 Å². The lowest BCUT2D eigenvalue weighted by Gasteiger charge is -2.34. The number of hydrogen-bond donors (Lipinski definition) is 0. The maximum Gasteiger partial charge on any atom is 0.219 e. The molecule has 0 atom stereocenters. The van der Waals surface area contributed by atoms with Crippen molar-refractivity contribution in [3.8, 4) is 0 Å². The largest absolute Gasteiger partial charge is 0.343 e. The Hall–Kier alpha value is -1.97. The molecular weight excluding hydrogens is 250 g/mol. The van der Waals surface area contributed by atoms with E-state index >= 15 is 0 Å².